The highest BCUT2D eigenvalue weighted by Gasteiger charge is 2.23. The molecule has 7 heteroatoms. The van der Waals surface area contributed by atoms with Crippen LogP contribution in [0.15, 0.2) is 18.2 Å². The molecule has 1 aromatic carbocycles. The van der Waals surface area contributed by atoms with Gasteiger partial charge in [-0.2, -0.15) is 0 Å². The van der Waals surface area contributed by atoms with Crippen molar-refractivity contribution in [3.05, 3.63) is 39.4 Å². The Morgan fingerprint density at radius 3 is 2.56 bits per heavy atom. The summed E-state index contributed by atoms with van der Waals surface area (Å²) in [6.45, 7) is 2.96. The Labute approximate surface area is 103 Å². The maximum atomic E-state index is 11.8. The van der Waals surface area contributed by atoms with E-state index in [0.29, 0.717) is 5.56 Å². The Morgan fingerprint density at radius 1 is 1.44 bits per heavy atom. The van der Waals surface area contributed by atoms with Crippen molar-refractivity contribution in [3.8, 4) is 0 Å². The van der Waals surface area contributed by atoms with Gasteiger partial charge in [-0.1, -0.05) is 6.07 Å². The highest BCUT2D eigenvalue weighted by molar-refractivity contribution is 6.00. The van der Waals surface area contributed by atoms with Crippen LogP contribution in [0.4, 0.5) is 5.69 Å². The molecular weight excluding hydrogens is 240 g/mol. The maximum Gasteiger partial charge on any atom is 0.325 e. The number of nitrogens with one attached hydrogen (secondary N) is 1. The highest BCUT2D eigenvalue weighted by Crippen LogP contribution is 2.19. The minimum absolute atomic E-state index is 0.145. The topological polar surface area (TPSA) is 110 Å². The second-order valence-electron chi connectivity index (χ2n) is 3.81. The summed E-state index contributed by atoms with van der Waals surface area (Å²) in [6, 6.07) is 2.96. The Bertz CT molecular complexity index is 512. The number of aryl methyl sites for hydroxylation is 1. The van der Waals surface area contributed by atoms with Gasteiger partial charge in [0.2, 0.25) is 0 Å². The van der Waals surface area contributed by atoms with E-state index in [0.717, 1.165) is 0 Å². The summed E-state index contributed by atoms with van der Waals surface area (Å²) in [6.07, 6.45) is 0. The molecule has 2 N–H and O–H groups in total. The average molecular weight is 252 g/mol. The van der Waals surface area contributed by atoms with Gasteiger partial charge in [0.1, 0.15) is 11.6 Å². The Morgan fingerprint density at radius 2 is 2.06 bits per heavy atom. The van der Waals surface area contributed by atoms with Gasteiger partial charge in [0.05, 0.1) is 4.92 Å². The van der Waals surface area contributed by atoms with E-state index in [1.807, 2.05) is 0 Å². The molecule has 0 fully saturated rings. The molecule has 0 saturated heterocycles. The number of hydrogen-bond acceptors (Lipinski definition) is 4. The first kappa shape index (κ1) is 13.6. The lowest BCUT2D eigenvalue weighted by molar-refractivity contribution is -0.385. The van der Waals surface area contributed by atoms with E-state index in [4.69, 9.17) is 5.11 Å². The zero-order chi connectivity index (χ0) is 13.9. The molecule has 96 valence electrons. The molecule has 1 aromatic rings. The number of rotatable bonds is 4. The predicted octanol–water partition coefficient (Wildman–Crippen LogP) is 1.11. The SMILES string of the molecule is Cc1ccc([N+](=O)[O-])c(C(=O)N[C@@H](C)C(=O)O)c1. The number of benzene rings is 1. The van der Waals surface area contributed by atoms with Crippen molar-refractivity contribution >= 4 is 17.6 Å². The second kappa shape index (κ2) is 5.26. The number of carboxylic acid groups (broad SMARTS) is 1. The summed E-state index contributed by atoms with van der Waals surface area (Å²) in [5.74, 6) is -1.99. The molecule has 1 amide bonds. The summed E-state index contributed by atoms with van der Waals surface area (Å²) in [4.78, 5) is 32.4. The first-order valence-corrected chi connectivity index (χ1v) is 5.11. The molecule has 0 heterocycles. The zero-order valence-electron chi connectivity index (χ0n) is 9.84. The predicted molar refractivity (Wildman–Crippen MR) is 62.4 cm³/mol. The van der Waals surface area contributed by atoms with Gasteiger partial charge in [0.15, 0.2) is 0 Å². The van der Waals surface area contributed by atoms with Crippen LogP contribution in [0.3, 0.4) is 0 Å². The second-order valence-corrected chi connectivity index (χ2v) is 3.81. The molecule has 0 saturated carbocycles. The Kier molecular flexibility index (Phi) is 3.98. The minimum Gasteiger partial charge on any atom is -0.480 e. The monoisotopic (exact) mass is 252 g/mol. The fourth-order valence-electron chi connectivity index (χ4n) is 1.33. The maximum absolute atomic E-state index is 11.8. The molecule has 0 aliphatic rings. The highest BCUT2D eigenvalue weighted by atomic mass is 16.6. The first-order chi connectivity index (χ1) is 8.32. The average Bonchev–Trinajstić information content (AvgIpc) is 2.28. The van der Waals surface area contributed by atoms with Crippen LogP contribution in [0, 0.1) is 17.0 Å². The zero-order valence-corrected chi connectivity index (χ0v) is 9.84. The van der Waals surface area contributed by atoms with Crippen molar-refractivity contribution in [3.63, 3.8) is 0 Å². The van der Waals surface area contributed by atoms with Gasteiger partial charge in [0, 0.05) is 6.07 Å². The molecule has 0 unspecified atom stereocenters. The third-order valence-electron chi connectivity index (χ3n) is 2.31. The fourth-order valence-corrected chi connectivity index (χ4v) is 1.33. The Hall–Kier alpha value is -2.44. The van der Waals surface area contributed by atoms with Crippen molar-refractivity contribution in [1.29, 1.82) is 0 Å². The number of nitro benzene ring substituents is 1. The lowest BCUT2D eigenvalue weighted by Gasteiger charge is -2.09. The minimum atomic E-state index is -1.21. The van der Waals surface area contributed by atoms with Crippen LogP contribution < -0.4 is 5.32 Å². The number of nitrogens with zero attached hydrogens (tertiary/aromatic N) is 1. The van der Waals surface area contributed by atoms with Crippen LogP contribution in [0.25, 0.3) is 0 Å². The summed E-state index contributed by atoms with van der Waals surface area (Å²) in [5, 5.41) is 21.6. The number of aliphatic carboxylic acids is 1. The first-order valence-electron chi connectivity index (χ1n) is 5.11. The van der Waals surface area contributed by atoms with Crippen molar-refractivity contribution in [2.45, 2.75) is 19.9 Å². The van der Waals surface area contributed by atoms with Crippen LogP contribution >= 0.6 is 0 Å². The van der Waals surface area contributed by atoms with Crippen LogP contribution in [0.1, 0.15) is 22.8 Å². The van der Waals surface area contributed by atoms with Gasteiger partial charge in [-0.15, -0.1) is 0 Å². The quantitative estimate of drug-likeness (QED) is 0.616. The molecule has 7 nitrogen and oxygen atoms in total. The number of nitro groups is 1. The van der Waals surface area contributed by atoms with Gasteiger partial charge in [-0.05, 0) is 25.5 Å². The van der Waals surface area contributed by atoms with Crippen LogP contribution in [0.5, 0.6) is 0 Å². The van der Waals surface area contributed by atoms with Gasteiger partial charge < -0.3 is 10.4 Å². The van der Waals surface area contributed by atoms with E-state index in [2.05, 4.69) is 5.32 Å². The van der Waals surface area contributed by atoms with Crippen molar-refractivity contribution in [1.82, 2.24) is 5.32 Å². The van der Waals surface area contributed by atoms with E-state index in [9.17, 15) is 19.7 Å². The molecule has 0 bridgehead atoms. The summed E-state index contributed by atoms with van der Waals surface area (Å²) in [7, 11) is 0. The smallest absolute Gasteiger partial charge is 0.325 e. The van der Waals surface area contributed by atoms with E-state index < -0.39 is 22.8 Å². The molecule has 0 aromatic heterocycles. The van der Waals surface area contributed by atoms with E-state index in [1.54, 1.807) is 6.92 Å². The van der Waals surface area contributed by atoms with E-state index in [-0.39, 0.29) is 11.3 Å². The summed E-state index contributed by atoms with van der Waals surface area (Å²) in [5.41, 5.74) is 0.178. The van der Waals surface area contributed by atoms with E-state index >= 15 is 0 Å². The number of carbonyl (C=O) groups excluding carboxylic acids is 1. The third kappa shape index (κ3) is 3.03. The van der Waals surface area contributed by atoms with Gasteiger partial charge >= 0.3 is 5.97 Å². The molecule has 0 spiro atoms. The lowest BCUT2D eigenvalue weighted by Crippen LogP contribution is -2.38. The number of carboxylic acids is 1. The summed E-state index contributed by atoms with van der Waals surface area (Å²) >= 11 is 0. The van der Waals surface area contributed by atoms with Crippen molar-refractivity contribution < 1.29 is 19.6 Å². The van der Waals surface area contributed by atoms with Crippen molar-refractivity contribution in [2.75, 3.05) is 0 Å². The lowest BCUT2D eigenvalue weighted by atomic mass is 10.1. The van der Waals surface area contributed by atoms with E-state index in [1.165, 1.54) is 25.1 Å². The van der Waals surface area contributed by atoms with Crippen molar-refractivity contribution in [2.24, 2.45) is 0 Å². The number of carbonyl (C=O) groups is 2. The van der Waals surface area contributed by atoms with Crippen LogP contribution in [0.2, 0.25) is 0 Å². The normalized spacial score (nSPS) is 11.7. The molecule has 0 aliphatic carbocycles. The molecule has 1 atom stereocenters. The molecule has 0 radical (unpaired) electrons. The van der Waals surface area contributed by atoms with Crippen LogP contribution in [-0.4, -0.2) is 27.9 Å². The van der Waals surface area contributed by atoms with Gasteiger partial charge in [-0.25, -0.2) is 0 Å². The fraction of sp³-hybridized carbons (Fsp3) is 0.273. The third-order valence-corrected chi connectivity index (χ3v) is 2.31. The molecule has 1 rings (SSSR count). The number of hydrogen-bond donors (Lipinski definition) is 2. The molecule has 18 heavy (non-hydrogen) atoms. The van der Waals surface area contributed by atoms with Gasteiger partial charge in [-0.3, -0.25) is 19.7 Å². The molecule has 0 aliphatic heterocycles. The largest absolute Gasteiger partial charge is 0.480 e. The Balaban J connectivity index is 3.08. The summed E-state index contributed by atoms with van der Waals surface area (Å²) < 4.78 is 0. The number of amides is 1. The standard InChI is InChI=1S/C11H12N2O5/c1-6-3-4-9(13(17)18)8(5-6)10(14)12-7(2)11(15)16/h3-5,7H,1-2H3,(H,12,14)(H,15,16)/t7-/m0/s1. The van der Waals surface area contributed by atoms with Crippen LogP contribution in [-0.2, 0) is 4.79 Å². The molecular formula is C11H12N2O5. The van der Waals surface area contributed by atoms with Gasteiger partial charge in [0.25, 0.3) is 11.6 Å².